The van der Waals surface area contributed by atoms with Crippen LogP contribution in [0, 0.1) is 0 Å². The molecule has 2 rings (SSSR count). The van der Waals surface area contributed by atoms with Crippen molar-refractivity contribution in [2.45, 2.75) is 0 Å². The van der Waals surface area contributed by atoms with Crippen LogP contribution in [0.4, 0.5) is 0 Å². The molecule has 1 aromatic carbocycles. The Morgan fingerprint density at radius 1 is 1.00 bits per heavy atom. The molecular formula is C15H13ClN4O3. The predicted molar refractivity (Wildman–Crippen MR) is 83.6 cm³/mol. The molecule has 0 saturated heterocycles. The summed E-state index contributed by atoms with van der Waals surface area (Å²) in [6.07, 6.45) is 2.89. The van der Waals surface area contributed by atoms with Gasteiger partial charge in [0.2, 0.25) is 0 Å². The Balaban J connectivity index is 1.77. The first kappa shape index (κ1) is 16.4. The Morgan fingerprint density at radius 3 is 2.48 bits per heavy atom. The van der Waals surface area contributed by atoms with Gasteiger partial charge in [0.15, 0.2) is 0 Å². The van der Waals surface area contributed by atoms with E-state index in [1.807, 2.05) is 0 Å². The molecule has 3 amide bonds. The number of hydrogen-bond donors (Lipinski definition) is 3. The van der Waals surface area contributed by atoms with Crippen LogP contribution in [0.1, 0.15) is 20.7 Å². The molecule has 8 heteroatoms. The Labute approximate surface area is 137 Å². The largest absolute Gasteiger partial charge is 0.343 e. The summed E-state index contributed by atoms with van der Waals surface area (Å²) in [5.41, 5.74) is 5.05. The highest BCUT2D eigenvalue weighted by molar-refractivity contribution is 6.30. The van der Waals surface area contributed by atoms with Gasteiger partial charge in [-0.05, 0) is 30.3 Å². The summed E-state index contributed by atoms with van der Waals surface area (Å²) >= 11 is 5.78. The topological polar surface area (TPSA) is 100 Å². The average Bonchev–Trinajstić information content (AvgIpc) is 2.58. The van der Waals surface area contributed by atoms with Crippen LogP contribution in [0.3, 0.4) is 0 Å². The number of nitrogens with zero attached hydrogens (tertiary/aromatic N) is 1. The van der Waals surface area contributed by atoms with Crippen LogP contribution in [0.15, 0.2) is 48.8 Å². The Bertz CT molecular complexity index is 722. The maximum absolute atomic E-state index is 11.8. The molecule has 23 heavy (non-hydrogen) atoms. The fourth-order valence-corrected chi connectivity index (χ4v) is 1.82. The zero-order chi connectivity index (χ0) is 16.7. The molecule has 1 heterocycles. The van der Waals surface area contributed by atoms with Crippen LogP contribution in [0.2, 0.25) is 5.02 Å². The molecule has 0 saturated carbocycles. The van der Waals surface area contributed by atoms with Crippen molar-refractivity contribution in [2.75, 3.05) is 6.54 Å². The lowest BCUT2D eigenvalue weighted by atomic mass is 10.2. The van der Waals surface area contributed by atoms with Gasteiger partial charge in [-0.1, -0.05) is 17.7 Å². The molecule has 2 aromatic rings. The Kier molecular flexibility index (Phi) is 5.65. The number of aromatic nitrogens is 1. The molecule has 0 spiro atoms. The molecular weight excluding hydrogens is 320 g/mol. The van der Waals surface area contributed by atoms with Crippen LogP contribution in [-0.4, -0.2) is 29.3 Å². The minimum atomic E-state index is -0.572. The van der Waals surface area contributed by atoms with Crippen LogP contribution in [-0.2, 0) is 4.79 Å². The van der Waals surface area contributed by atoms with E-state index < -0.39 is 17.7 Å². The van der Waals surface area contributed by atoms with Gasteiger partial charge >= 0.3 is 0 Å². The second-order valence-corrected chi connectivity index (χ2v) is 4.87. The average molecular weight is 333 g/mol. The molecule has 0 aliphatic rings. The summed E-state index contributed by atoms with van der Waals surface area (Å²) in [6, 6.07) is 9.48. The van der Waals surface area contributed by atoms with Crippen LogP contribution in [0.5, 0.6) is 0 Å². The highest BCUT2D eigenvalue weighted by Gasteiger charge is 2.10. The quantitative estimate of drug-likeness (QED) is 0.725. The van der Waals surface area contributed by atoms with Gasteiger partial charge in [-0.2, -0.15) is 0 Å². The van der Waals surface area contributed by atoms with E-state index in [1.165, 1.54) is 18.5 Å². The maximum Gasteiger partial charge on any atom is 0.271 e. The van der Waals surface area contributed by atoms with E-state index in [2.05, 4.69) is 21.2 Å². The van der Waals surface area contributed by atoms with Crippen molar-refractivity contribution in [1.29, 1.82) is 0 Å². The number of nitrogens with one attached hydrogen (secondary N) is 3. The Hall–Kier alpha value is -2.93. The lowest BCUT2D eigenvalue weighted by molar-refractivity contribution is -0.120. The van der Waals surface area contributed by atoms with E-state index in [0.29, 0.717) is 16.1 Å². The third kappa shape index (κ3) is 5.08. The van der Waals surface area contributed by atoms with E-state index in [4.69, 9.17) is 11.6 Å². The summed E-state index contributed by atoms with van der Waals surface area (Å²) in [7, 11) is 0. The van der Waals surface area contributed by atoms with Gasteiger partial charge in [0.25, 0.3) is 17.7 Å². The molecule has 0 unspecified atom stereocenters. The summed E-state index contributed by atoms with van der Waals surface area (Å²) in [5.74, 6) is -1.52. The number of amides is 3. The molecule has 0 bridgehead atoms. The number of carbonyl (C=O) groups excluding carboxylic acids is 3. The first-order valence-corrected chi connectivity index (χ1v) is 6.97. The second kappa shape index (κ2) is 7.90. The minimum absolute atomic E-state index is 0.293. The lowest BCUT2D eigenvalue weighted by Crippen LogP contribution is -2.46. The van der Waals surface area contributed by atoms with Crippen molar-refractivity contribution in [3.8, 4) is 0 Å². The van der Waals surface area contributed by atoms with Crippen molar-refractivity contribution >= 4 is 29.3 Å². The highest BCUT2D eigenvalue weighted by atomic mass is 35.5. The molecule has 0 aliphatic heterocycles. The number of rotatable bonds is 4. The number of hydrogen-bond acceptors (Lipinski definition) is 4. The fourth-order valence-electron chi connectivity index (χ4n) is 1.63. The van der Waals surface area contributed by atoms with Gasteiger partial charge in [-0.25, -0.2) is 0 Å². The van der Waals surface area contributed by atoms with E-state index in [0.717, 1.165) is 0 Å². The summed E-state index contributed by atoms with van der Waals surface area (Å²) in [5, 5.41) is 2.84. The van der Waals surface area contributed by atoms with Crippen molar-refractivity contribution < 1.29 is 14.4 Å². The Morgan fingerprint density at radius 2 is 1.78 bits per heavy atom. The maximum atomic E-state index is 11.8. The number of hydrazine groups is 1. The molecule has 0 fully saturated rings. The number of benzene rings is 1. The van der Waals surface area contributed by atoms with Crippen LogP contribution in [0.25, 0.3) is 0 Å². The first-order valence-electron chi connectivity index (χ1n) is 6.59. The van der Waals surface area contributed by atoms with E-state index in [1.54, 1.807) is 30.3 Å². The molecule has 1 aromatic heterocycles. The molecule has 0 radical (unpaired) electrons. The SMILES string of the molecule is O=C(CNC(=O)c1cccc(Cl)c1)NNC(=O)c1cccnc1. The van der Waals surface area contributed by atoms with Crippen LogP contribution < -0.4 is 16.2 Å². The minimum Gasteiger partial charge on any atom is -0.343 e. The van der Waals surface area contributed by atoms with E-state index >= 15 is 0 Å². The monoisotopic (exact) mass is 332 g/mol. The second-order valence-electron chi connectivity index (χ2n) is 4.44. The standard InChI is InChI=1S/C15H13ClN4O3/c16-12-5-1-3-10(7-12)14(22)18-9-13(21)19-20-15(23)11-4-2-6-17-8-11/h1-8H,9H2,(H,18,22)(H,19,21)(H,20,23). The summed E-state index contributed by atoms with van der Waals surface area (Å²) in [6.45, 7) is -0.293. The number of pyridine rings is 1. The van der Waals surface area contributed by atoms with Gasteiger partial charge in [-0.15, -0.1) is 0 Å². The summed E-state index contributed by atoms with van der Waals surface area (Å²) in [4.78, 5) is 38.9. The third-order valence-electron chi connectivity index (χ3n) is 2.74. The molecule has 7 nitrogen and oxygen atoms in total. The fraction of sp³-hybridized carbons (Fsp3) is 0.0667. The molecule has 3 N–H and O–H groups in total. The van der Waals surface area contributed by atoms with Crippen LogP contribution >= 0.6 is 11.6 Å². The van der Waals surface area contributed by atoms with Gasteiger partial charge < -0.3 is 5.32 Å². The van der Waals surface area contributed by atoms with Gasteiger partial charge in [-0.3, -0.25) is 30.2 Å². The molecule has 0 aliphatic carbocycles. The van der Waals surface area contributed by atoms with Crippen molar-refractivity contribution in [2.24, 2.45) is 0 Å². The number of halogens is 1. The zero-order valence-electron chi connectivity index (χ0n) is 11.9. The van der Waals surface area contributed by atoms with Gasteiger partial charge in [0, 0.05) is 23.0 Å². The van der Waals surface area contributed by atoms with E-state index in [-0.39, 0.29) is 6.54 Å². The lowest BCUT2D eigenvalue weighted by Gasteiger charge is -2.08. The first-order chi connectivity index (χ1) is 11.1. The molecule has 118 valence electrons. The smallest absolute Gasteiger partial charge is 0.271 e. The van der Waals surface area contributed by atoms with Gasteiger partial charge in [0.05, 0.1) is 12.1 Å². The number of carbonyl (C=O) groups is 3. The predicted octanol–water partition coefficient (Wildman–Crippen LogP) is 0.926. The third-order valence-corrected chi connectivity index (χ3v) is 2.97. The summed E-state index contributed by atoms with van der Waals surface area (Å²) < 4.78 is 0. The zero-order valence-corrected chi connectivity index (χ0v) is 12.6. The highest BCUT2D eigenvalue weighted by Crippen LogP contribution is 2.10. The molecule has 0 atom stereocenters. The van der Waals surface area contributed by atoms with E-state index in [9.17, 15) is 14.4 Å². The normalized spacial score (nSPS) is 9.78. The van der Waals surface area contributed by atoms with Crippen molar-refractivity contribution in [3.63, 3.8) is 0 Å². The van der Waals surface area contributed by atoms with Crippen molar-refractivity contribution in [1.82, 2.24) is 21.2 Å². The van der Waals surface area contributed by atoms with Crippen molar-refractivity contribution in [3.05, 3.63) is 64.9 Å². The van der Waals surface area contributed by atoms with Gasteiger partial charge in [0.1, 0.15) is 0 Å².